The second-order valence-electron chi connectivity index (χ2n) is 6.44. The Morgan fingerprint density at radius 2 is 2.14 bits per heavy atom. The van der Waals surface area contributed by atoms with Crippen molar-refractivity contribution in [2.45, 2.75) is 25.6 Å². The number of aromatic amines is 1. The summed E-state index contributed by atoms with van der Waals surface area (Å²) in [4.78, 5) is 32.4. The van der Waals surface area contributed by atoms with Crippen LogP contribution in [0.4, 0.5) is 13.2 Å². The first-order valence-electron chi connectivity index (χ1n) is 8.83. The first kappa shape index (κ1) is 18.8. The van der Waals surface area contributed by atoms with E-state index in [1.54, 1.807) is 42.3 Å². The zero-order chi connectivity index (χ0) is 20.6. The van der Waals surface area contributed by atoms with Crippen LogP contribution in [0.5, 0.6) is 0 Å². The number of hydrogen-bond donors (Lipinski definition) is 2. The van der Waals surface area contributed by atoms with Crippen LogP contribution in [0.3, 0.4) is 0 Å². The van der Waals surface area contributed by atoms with Gasteiger partial charge in [0.2, 0.25) is 5.91 Å². The maximum atomic E-state index is 12.5. The lowest BCUT2D eigenvalue weighted by atomic mass is 10.2. The molecule has 4 aromatic rings. The quantitative estimate of drug-likeness (QED) is 0.533. The van der Waals surface area contributed by atoms with Gasteiger partial charge in [-0.1, -0.05) is 6.92 Å². The Morgan fingerprint density at radius 1 is 1.31 bits per heavy atom. The van der Waals surface area contributed by atoms with Gasteiger partial charge < -0.3 is 14.9 Å². The van der Waals surface area contributed by atoms with Crippen molar-refractivity contribution >= 4 is 28.0 Å². The molecule has 0 aromatic carbocycles. The highest BCUT2D eigenvalue weighted by Gasteiger charge is 2.30. The van der Waals surface area contributed by atoms with Gasteiger partial charge in [0, 0.05) is 41.1 Å². The Labute approximate surface area is 162 Å². The van der Waals surface area contributed by atoms with Gasteiger partial charge in [-0.05, 0) is 12.5 Å². The lowest BCUT2D eigenvalue weighted by molar-refractivity contribution is -0.140. The minimum Gasteiger partial charge on any atom is -0.345 e. The summed E-state index contributed by atoms with van der Waals surface area (Å²) < 4.78 is 39.0. The molecule has 0 fully saturated rings. The second-order valence-corrected chi connectivity index (χ2v) is 6.44. The van der Waals surface area contributed by atoms with Crippen LogP contribution in [-0.4, -0.2) is 48.1 Å². The highest BCUT2D eigenvalue weighted by molar-refractivity contribution is 5.92. The smallest absolute Gasteiger partial charge is 0.345 e. The molecule has 4 heterocycles. The van der Waals surface area contributed by atoms with Gasteiger partial charge in [0.05, 0.1) is 0 Å². The zero-order valence-electron chi connectivity index (χ0n) is 15.2. The number of rotatable bonds is 5. The summed E-state index contributed by atoms with van der Waals surface area (Å²) >= 11 is 0. The molecule has 1 amide bonds. The molecule has 0 aliphatic rings. The third-order valence-electron chi connectivity index (χ3n) is 4.54. The summed E-state index contributed by atoms with van der Waals surface area (Å²) in [5.41, 5.74) is 1.77. The summed E-state index contributed by atoms with van der Waals surface area (Å²) in [7, 11) is 0. The maximum Gasteiger partial charge on any atom is 0.405 e. The van der Waals surface area contributed by atoms with Crippen LogP contribution in [0.1, 0.15) is 19.4 Å². The number of nitrogens with one attached hydrogen (secondary N) is 2. The lowest BCUT2D eigenvalue weighted by Gasteiger charge is -2.18. The van der Waals surface area contributed by atoms with Gasteiger partial charge in [0.1, 0.15) is 30.2 Å². The predicted octanol–water partition coefficient (Wildman–Crippen LogP) is 3.00. The van der Waals surface area contributed by atoms with Crippen LogP contribution in [0.2, 0.25) is 0 Å². The zero-order valence-corrected chi connectivity index (χ0v) is 15.2. The topological polar surface area (TPSA) is 101 Å². The number of nitrogens with zero attached hydrogens (tertiary/aromatic N) is 5. The molecule has 0 aliphatic carbocycles. The number of fused-ring (bicyclic) bond motifs is 2. The molecular weight excluding hydrogens is 387 g/mol. The van der Waals surface area contributed by atoms with E-state index in [4.69, 9.17) is 0 Å². The van der Waals surface area contributed by atoms with E-state index in [0.717, 1.165) is 5.39 Å². The van der Waals surface area contributed by atoms with Gasteiger partial charge >= 0.3 is 6.18 Å². The van der Waals surface area contributed by atoms with Crippen LogP contribution in [0.25, 0.3) is 33.5 Å². The standard InChI is InChI=1S/C18H16F3N7O/c1-2-13(17(29)25-8-18(19,20)21)28-4-3-10-5-23-15(27-16(10)28)12-7-24-14-11(12)6-22-9-26-14/h3-7,9,13H,2,8H2,1H3,(H,25,29)(H,22,24,26)/t13-/m0/s1. The lowest BCUT2D eigenvalue weighted by Crippen LogP contribution is -2.38. The van der Waals surface area contributed by atoms with Gasteiger partial charge in [0.25, 0.3) is 0 Å². The molecule has 29 heavy (non-hydrogen) atoms. The van der Waals surface area contributed by atoms with E-state index in [2.05, 4.69) is 24.9 Å². The van der Waals surface area contributed by atoms with Gasteiger partial charge in [0.15, 0.2) is 5.82 Å². The molecule has 4 aromatic heterocycles. The third-order valence-corrected chi connectivity index (χ3v) is 4.54. The average Bonchev–Trinajstić information content (AvgIpc) is 3.30. The Balaban J connectivity index is 1.72. The van der Waals surface area contributed by atoms with E-state index in [9.17, 15) is 18.0 Å². The number of amides is 1. The molecule has 0 spiro atoms. The normalized spacial score (nSPS) is 13.1. The number of carbonyl (C=O) groups is 1. The highest BCUT2D eigenvalue weighted by Crippen LogP contribution is 2.27. The van der Waals surface area contributed by atoms with E-state index in [-0.39, 0.29) is 0 Å². The van der Waals surface area contributed by atoms with Crippen molar-refractivity contribution in [3.8, 4) is 11.4 Å². The number of halogens is 3. The Bertz CT molecular complexity index is 1180. The van der Waals surface area contributed by atoms with Crippen LogP contribution in [0.15, 0.2) is 37.2 Å². The number of carbonyl (C=O) groups excluding carboxylic acids is 1. The molecule has 150 valence electrons. The predicted molar refractivity (Wildman–Crippen MR) is 98.8 cm³/mol. The SMILES string of the molecule is CC[C@@H](C(=O)NCC(F)(F)F)n1ccc2cnc(-c3c[nH]c4ncncc34)nc21. The molecule has 8 nitrogen and oxygen atoms in total. The first-order chi connectivity index (χ1) is 13.9. The van der Waals surface area contributed by atoms with Gasteiger partial charge in [-0.3, -0.25) is 4.79 Å². The van der Waals surface area contributed by atoms with E-state index in [1.165, 1.54) is 6.33 Å². The van der Waals surface area contributed by atoms with Gasteiger partial charge in [-0.15, -0.1) is 0 Å². The highest BCUT2D eigenvalue weighted by atomic mass is 19.4. The van der Waals surface area contributed by atoms with Gasteiger partial charge in [-0.2, -0.15) is 13.2 Å². The van der Waals surface area contributed by atoms with Crippen molar-refractivity contribution < 1.29 is 18.0 Å². The molecule has 0 radical (unpaired) electrons. The Kier molecular flexibility index (Phi) is 4.65. The molecule has 1 atom stereocenters. The van der Waals surface area contributed by atoms with Crippen molar-refractivity contribution in [1.82, 2.24) is 34.8 Å². The van der Waals surface area contributed by atoms with Crippen LogP contribution < -0.4 is 5.32 Å². The molecule has 0 bridgehead atoms. The maximum absolute atomic E-state index is 12.5. The van der Waals surface area contributed by atoms with Crippen molar-refractivity contribution in [3.63, 3.8) is 0 Å². The molecular formula is C18H16F3N7O. The van der Waals surface area contributed by atoms with E-state index in [1.807, 2.05) is 5.32 Å². The Morgan fingerprint density at radius 3 is 2.90 bits per heavy atom. The van der Waals surface area contributed by atoms with Crippen molar-refractivity contribution in [2.75, 3.05) is 6.54 Å². The minimum atomic E-state index is -4.47. The largest absolute Gasteiger partial charge is 0.405 e. The summed E-state index contributed by atoms with van der Waals surface area (Å²) in [6.45, 7) is 0.347. The van der Waals surface area contributed by atoms with E-state index in [0.29, 0.717) is 34.5 Å². The fourth-order valence-corrected chi connectivity index (χ4v) is 3.18. The number of alkyl halides is 3. The van der Waals surface area contributed by atoms with Crippen LogP contribution >= 0.6 is 0 Å². The minimum absolute atomic E-state index is 0.299. The fraction of sp³-hybridized carbons (Fsp3) is 0.278. The van der Waals surface area contributed by atoms with E-state index < -0.39 is 24.7 Å². The monoisotopic (exact) mass is 403 g/mol. The Hall–Kier alpha value is -3.50. The van der Waals surface area contributed by atoms with Crippen molar-refractivity contribution in [2.24, 2.45) is 0 Å². The molecule has 0 saturated heterocycles. The molecule has 0 aliphatic heterocycles. The van der Waals surface area contributed by atoms with Crippen LogP contribution in [-0.2, 0) is 4.79 Å². The number of hydrogen-bond acceptors (Lipinski definition) is 5. The molecule has 0 unspecified atom stereocenters. The number of H-pyrrole nitrogens is 1. The fourth-order valence-electron chi connectivity index (χ4n) is 3.18. The van der Waals surface area contributed by atoms with Crippen LogP contribution in [0, 0.1) is 0 Å². The van der Waals surface area contributed by atoms with E-state index >= 15 is 0 Å². The molecule has 0 saturated carbocycles. The van der Waals surface area contributed by atoms with Crippen molar-refractivity contribution in [3.05, 3.63) is 37.2 Å². The van der Waals surface area contributed by atoms with Gasteiger partial charge in [-0.25, -0.2) is 19.9 Å². The summed E-state index contributed by atoms with van der Waals surface area (Å²) in [5, 5.41) is 3.35. The molecule has 11 heteroatoms. The number of aromatic nitrogens is 6. The summed E-state index contributed by atoms with van der Waals surface area (Å²) in [6, 6.07) is 0.890. The average molecular weight is 403 g/mol. The second kappa shape index (κ2) is 7.15. The summed E-state index contributed by atoms with van der Waals surface area (Å²) in [6.07, 6.45) is 3.83. The third kappa shape index (κ3) is 3.62. The molecule has 2 N–H and O–H groups in total. The van der Waals surface area contributed by atoms with Crippen molar-refractivity contribution in [1.29, 1.82) is 0 Å². The first-order valence-corrected chi connectivity index (χ1v) is 8.83. The summed E-state index contributed by atoms with van der Waals surface area (Å²) in [5.74, 6) is -0.327. The molecule has 4 rings (SSSR count).